The Morgan fingerprint density at radius 1 is 0.615 bits per heavy atom. The van der Waals surface area contributed by atoms with Gasteiger partial charge in [-0.05, 0) is 76.8 Å². The molecule has 7 aromatic rings. The summed E-state index contributed by atoms with van der Waals surface area (Å²) in [6.45, 7) is 0. The zero-order chi connectivity index (χ0) is 25.9. The highest BCUT2D eigenvalue weighted by Crippen LogP contribution is 2.38. The molecule has 0 amide bonds. The van der Waals surface area contributed by atoms with Gasteiger partial charge in [0.05, 0.1) is 16.6 Å². The van der Waals surface area contributed by atoms with Gasteiger partial charge in [0.1, 0.15) is 0 Å². The number of allylic oxidation sites excluding steroid dienone is 1. The normalized spacial score (nSPS) is 12.9. The van der Waals surface area contributed by atoms with Crippen LogP contribution in [-0.2, 0) is 6.42 Å². The predicted octanol–water partition coefficient (Wildman–Crippen LogP) is 9.51. The van der Waals surface area contributed by atoms with Crippen LogP contribution in [0.4, 0.5) is 0 Å². The number of fused-ring (bicyclic) bond motifs is 6. The van der Waals surface area contributed by atoms with E-state index in [1.807, 2.05) is 12.4 Å². The zero-order valence-corrected chi connectivity index (χ0v) is 22.8. The van der Waals surface area contributed by atoms with Crippen LogP contribution in [0.15, 0.2) is 120 Å². The first kappa shape index (κ1) is 22.6. The molecular formula is C35H24BrN3. The number of hydrogen-bond acceptors (Lipinski definition) is 1. The summed E-state index contributed by atoms with van der Waals surface area (Å²) in [7, 11) is 0. The molecule has 0 N–H and O–H groups in total. The van der Waals surface area contributed by atoms with Crippen molar-refractivity contribution in [3.63, 3.8) is 0 Å². The molecule has 186 valence electrons. The van der Waals surface area contributed by atoms with E-state index in [9.17, 15) is 0 Å². The van der Waals surface area contributed by atoms with Gasteiger partial charge in [0.25, 0.3) is 0 Å². The van der Waals surface area contributed by atoms with Crippen LogP contribution in [0.1, 0.15) is 17.7 Å². The minimum atomic E-state index is 0.970. The van der Waals surface area contributed by atoms with Gasteiger partial charge in [-0.15, -0.1) is 0 Å². The topological polar surface area (TPSA) is 22.8 Å². The molecule has 0 aliphatic heterocycles. The van der Waals surface area contributed by atoms with E-state index in [2.05, 4.69) is 139 Å². The standard InChI is InChI=1S/C35H24BrN3/c36-25-17-24(21-37-22-25)23-18-26(38-32-13-5-1-9-28(32)29-10-2-6-14-33(29)38)20-27(19-23)39-34-15-7-3-11-30(34)31-12-4-8-16-35(31)39/h1-7,9-15,17-22H,8,16H2. The quantitative estimate of drug-likeness (QED) is 0.209. The Labute approximate surface area is 234 Å². The summed E-state index contributed by atoms with van der Waals surface area (Å²) < 4.78 is 5.85. The third-order valence-electron chi connectivity index (χ3n) is 7.89. The smallest absolute Gasteiger partial charge is 0.0541 e. The third kappa shape index (κ3) is 3.52. The fourth-order valence-corrected chi connectivity index (χ4v) is 6.62. The SMILES string of the molecule is Brc1cncc(-c2cc(-n3c4c(c5ccccc53)C=CCC4)cc(-n3c4ccccc4c4ccccc43)c2)c1. The second kappa shape index (κ2) is 8.82. The molecule has 0 spiro atoms. The molecule has 0 bridgehead atoms. The van der Waals surface area contributed by atoms with Gasteiger partial charge in [-0.1, -0.05) is 66.7 Å². The Balaban J connectivity index is 1.49. The number of halogens is 1. The van der Waals surface area contributed by atoms with E-state index in [0.29, 0.717) is 0 Å². The van der Waals surface area contributed by atoms with Crippen molar-refractivity contribution in [2.24, 2.45) is 0 Å². The number of benzene rings is 4. The van der Waals surface area contributed by atoms with Crippen molar-refractivity contribution in [1.82, 2.24) is 14.1 Å². The van der Waals surface area contributed by atoms with Gasteiger partial charge in [0, 0.05) is 61.2 Å². The maximum absolute atomic E-state index is 4.50. The van der Waals surface area contributed by atoms with Crippen molar-refractivity contribution in [3.8, 4) is 22.5 Å². The molecule has 3 heterocycles. The van der Waals surface area contributed by atoms with Crippen LogP contribution < -0.4 is 0 Å². The van der Waals surface area contributed by atoms with Crippen LogP contribution in [0.5, 0.6) is 0 Å². The van der Waals surface area contributed by atoms with E-state index >= 15 is 0 Å². The summed E-state index contributed by atoms with van der Waals surface area (Å²) in [5.74, 6) is 0. The summed E-state index contributed by atoms with van der Waals surface area (Å²) in [5, 5.41) is 3.83. The molecule has 0 atom stereocenters. The maximum Gasteiger partial charge on any atom is 0.0541 e. The molecule has 0 saturated heterocycles. The number of para-hydroxylation sites is 3. The second-order valence-electron chi connectivity index (χ2n) is 10.2. The largest absolute Gasteiger partial charge is 0.313 e. The summed E-state index contributed by atoms with van der Waals surface area (Å²) in [6, 6.07) is 35.3. The van der Waals surface area contributed by atoms with E-state index in [4.69, 9.17) is 0 Å². The lowest BCUT2D eigenvalue weighted by Crippen LogP contribution is -2.05. The van der Waals surface area contributed by atoms with E-state index in [1.165, 1.54) is 44.0 Å². The van der Waals surface area contributed by atoms with Crippen LogP contribution in [0.3, 0.4) is 0 Å². The molecular weight excluding hydrogens is 542 g/mol. The highest BCUT2D eigenvalue weighted by molar-refractivity contribution is 9.10. The Morgan fingerprint density at radius 2 is 1.23 bits per heavy atom. The van der Waals surface area contributed by atoms with Crippen molar-refractivity contribution in [2.75, 3.05) is 0 Å². The molecule has 1 aliphatic rings. The first-order valence-corrected chi connectivity index (χ1v) is 14.1. The molecule has 4 heteroatoms. The molecule has 0 unspecified atom stereocenters. The molecule has 0 radical (unpaired) electrons. The minimum absolute atomic E-state index is 0.970. The van der Waals surface area contributed by atoms with Gasteiger partial charge in [-0.3, -0.25) is 4.98 Å². The third-order valence-corrected chi connectivity index (χ3v) is 8.32. The van der Waals surface area contributed by atoms with Gasteiger partial charge < -0.3 is 9.13 Å². The van der Waals surface area contributed by atoms with Gasteiger partial charge in [-0.25, -0.2) is 0 Å². The van der Waals surface area contributed by atoms with Crippen LogP contribution in [-0.4, -0.2) is 14.1 Å². The molecule has 1 aliphatic carbocycles. The molecule has 0 fully saturated rings. The number of nitrogens with zero attached hydrogens (tertiary/aromatic N) is 3. The van der Waals surface area contributed by atoms with Crippen molar-refractivity contribution in [1.29, 1.82) is 0 Å². The van der Waals surface area contributed by atoms with Gasteiger partial charge in [0.15, 0.2) is 0 Å². The van der Waals surface area contributed by atoms with E-state index in [-0.39, 0.29) is 0 Å². The first-order valence-electron chi connectivity index (χ1n) is 13.3. The summed E-state index contributed by atoms with van der Waals surface area (Å²) >= 11 is 3.64. The van der Waals surface area contributed by atoms with E-state index < -0.39 is 0 Å². The maximum atomic E-state index is 4.50. The predicted molar refractivity (Wildman–Crippen MR) is 166 cm³/mol. The highest BCUT2D eigenvalue weighted by atomic mass is 79.9. The van der Waals surface area contributed by atoms with Crippen molar-refractivity contribution < 1.29 is 0 Å². The first-order chi connectivity index (χ1) is 19.3. The lowest BCUT2D eigenvalue weighted by Gasteiger charge is -2.18. The molecule has 4 aromatic carbocycles. The van der Waals surface area contributed by atoms with Crippen LogP contribution in [0, 0.1) is 0 Å². The summed E-state index contributed by atoms with van der Waals surface area (Å²) in [4.78, 5) is 4.50. The van der Waals surface area contributed by atoms with Crippen molar-refractivity contribution in [2.45, 2.75) is 12.8 Å². The van der Waals surface area contributed by atoms with Crippen LogP contribution in [0.2, 0.25) is 0 Å². The van der Waals surface area contributed by atoms with E-state index in [0.717, 1.165) is 39.8 Å². The van der Waals surface area contributed by atoms with Gasteiger partial charge in [0.2, 0.25) is 0 Å². The summed E-state index contributed by atoms with van der Waals surface area (Å²) in [5.41, 5.74) is 10.9. The van der Waals surface area contributed by atoms with Crippen molar-refractivity contribution >= 4 is 54.7 Å². The van der Waals surface area contributed by atoms with Crippen LogP contribution >= 0.6 is 15.9 Å². The van der Waals surface area contributed by atoms with Crippen molar-refractivity contribution in [3.05, 3.63) is 131 Å². The molecule has 3 aromatic heterocycles. The minimum Gasteiger partial charge on any atom is -0.313 e. The molecule has 3 nitrogen and oxygen atoms in total. The molecule has 39 heavy (non-hydrogen) atoms. The number of aromatic nitrogens is 3. The number of pyridine rings is 1. The average molecular weight is 567 g/mol. The van der Waals surface area contributed by atoms with Gasteiger partial charge >= 0.3 is 0 Å². The van der Waals surface area contributed by atoms with Gasteiger partial charge in [-0.2, -0.15) is 0 Å². The molecule has 8 rings (SSSR count). The molecule has 0 saturated carbocycles. The summed E-state index contributed by atoms with van der Waals surface area (Å²) in [6.07, 6.45) is 10.5. The second-order valence-corrected chi connectivity index (χ2v) is 11.1. The number of rotatable bonds is 3. The van der Waals surface area contributed by atoms with E-state index in [1.54, 1.807) is 0 Å². The average Bonchev–Trinajstić information content (AvgIpc) is 3.50. The fourth-order valence-electron chi connectivity index (χ4n) is 6.26. The Bertz CT molecular complexity index is 2040. The lowest BCUT2D eigenvalue weighted by atomic mass is 10.0. The fraction of sp³-hybridized carbons (Fsp3) is 0.0571. The Morgan fingerprint density at radius 3 is 1.92 bits per heavy atom. The Hall–Kier alpha value is -4.41. The Kier molecular flexibility index (Phi) is 5.10. The highest BCUT2D eigenvalue weighted by Gasteiger charge is 2.20. The lowest BCUT2D eigenvalue weighted by molar-refractivity contribution is 0.888. The zero-order valence-electron chi connectivity index (χ0n) is 21.2. The number of hydrogen-bond donors (Lipinski definition) is 0. The van der Waals surface area contributed by atoms with Crippen LogP contribution in [0.25, 0.3) is 61.3 Å². The monoisotopic (exact) mass is 565 g/mol.